The van der Waals surface area contributed by atoms with Gasteiger partial charge in [0.25, 0.3) is 0 Å². The van der Waals surface area contributed by atoms with Gasteiger partial charge in [0.1, 0.15) is 12.7 Å². The molecule has 0 radical (unpaired) electrons. The summed E-state index contributed by atoms with van der Waals surface area (Å²) in [5.74, 6) is 0. The number of aromatic nitrogens is 4. The second kappa shape index (κ2) is 2.88. The number of benzene rings is 1. The van der Waals surface area contributed by atoms with Crippen molar-refractivity contribution >= 4 is 22.6 Å². The zero-order valence-electron chi connectivity index (χ0n) is 7.16. The fourth-order valence-electron chi connectivity index (χ4n) is 1.39. The Morgan fingerprint density at radius 3 is 2.93 bits per heavy atom. The third-order valence-corrected chi connectivity index (χ3v) is 2.67. The number of rotatable bonds is 1. The summed E-state index contributed by atoms with van der Waals surface area (Å²) in [7, 11) is 0. The van der Waals surface area contributed by atoms with Gasteiger partial charge in [0.15, 0.2) is 0 Å². The highest BCUT2D eigenvalue weighted by molar-refractivity contribution is 7.08. The number of fused-ring (bicyclic) bond motifs is 1. The molecule has 0 atom stereocenters. The molecule has 2 aromatic heterocycles. The molecule has 2 heterocycles. The Kier molecular flexibility index (Phi) is 1.57. The van der Waals surface area contributed by atoms with E-state index in [-0.39, 0.29) is 0 Å². The molecule has 0 bridgehead atoms. The Morgan fingerprint density at radius 1 is 1.14 bits per heavy atom. The summed E-state index contributed by atoms with van der Waals surface area (Å²) < 4.78 is 5.90. The van der Waals surface area contributed by atoms with Gasteiger partial charge in [-0.3, -0.25) is 4.57 Å². The average Bonchev–Trinajstić information content (AvgIpc) is 2.85. The SMILES string of the molecule is c1ccc2c(c1)ncn2-c1ncns1. The van der Waals surface area contributed by atoms with E-state index in [2.05, 4.69) is 14.3 Å². The molecule has 0 saturated carbocycles. The van der Waals surface area contributed by atoms with Crippen molar-refractivity contribution in [1.29, 1.82) is 0 Å². The summed E-state index contributed by atoms with van der Waals surface area (Å²) in [6, 6.07) is 7.96. The van der Waals surface area contributed by atoms with E-state index in [9.17, 15) is 0 Å². The maximum absolute atomic E-state index is 4.28. The van der Waals surface area contributed by atoms with Crippen LogP contribution in [-0.4, -0.2) is 18.9 Å². The third kappa shape index (κ3) is 1.03. The molecular formula is C9H6N4S. The fourth-order valence-corrected chi connectivity index (χ4v) is 1.90. The van der Waals surface area contributed by atoms with E-state index in [0.29, 0.717) is 0 Å². The van der Waals surface area contributed by atoms with Crippen LogP contribution in [0.5, 0.6) is 0 Å². The zero-order valence-corrected chi connectivity index (χ0v) is 7.98. The van der Waals surface area contributed by atoms with Crippen molar-refractivity contribution in [1.82, 2.24) is 18.9 Å². The molecule has 0 spiro atoms. The zero-order chi connectivity index (χ0) is 9.38. The Labute approximate surface area is 84.0 Å². The summed E-state index contributed by atoms with van der Waals surface area (Å²) in [4.78, 5) is 8.42. The predicted octanol–water partition coefficient (Wildman–Crippen LogP) is 1.88. The molecular weight excluding hydrogens is 196 g/mol. The number of imidazole rings is 1. The van der Waals surface area contributed by atoms with E-state index in [1.165, 1.54) is 11.5 Å². The van der Waals surface area contributed by atoms with Gasteiger partial charge in [0.05, 0.1) is 11.0 Å². The van der Waals surface area contributed by atoms with E-state index >= 15 is 0 Å². The van der Waals surface area contributed by atoms with Crippen LogP contribution < -0.4 is 0 Å². The Bertz CT molecular complexity index is 555. The summed E-state index contributed by atoms with van der Waals surface area (Å²) in [5.41, 5.74) is 2.03. The van der Waals surface area contributed by atoms with Crippen LogP contribution in [0, 0.1) is 0 Å². The van der Waals surface area contributed by atoms with Crippen LogP contribution in [0.2, 0.25) is 0 Å². The first-order chi connectivity index (χ1) is 6.95. The molecule has 0 aliphatic heterocycles. The maximum atomic E-state index is 4.28. The van der Waals surface area contributed by atoms with Gasteiger partial charge in [-0.2, -0.15) is 4.37 Å². The van der Waals surface area contributed by atoms with Crippen molar-refractivity contribution in [3.8, 4) is 5.13 Å². The second-order valence-corrected chi connectivity index (χ2v) is 3.59. The molecule has 5 heteroatoms. The molecule has 0 amide bonds. The standard InChI is InChI=1S/C9H6N4S/c1-2-4-8-7(3-1)11-6-13(8)9-10-5-12-14-9/h1-6H. The van der Waals surface area contributed by atoms with Crippen LogP contribution in [0.1, 0.15) is 0 Å². The summed E-state index contributed by atoms with van der Waals surface area (Å²) in [5, 5.41) is 0.846. The molecule has 0 unspecified atom stereocenters. The minimum atomic E-state index is 0.846. The highest BCUT2D eigenvalue weighted by atomic mass is 32.1. The Balaban J connectivity index is 2.33. The topological polar surface area (TPSA) is 43.6 Å². The van der Waals surface area contributed by atoms with Crippen molar-refractivity contribution < 1.29 is 0 Å². The van der Waals surface area contributed by atoms with E-state index in [0.717, 1.165) is 16.2 Å². The molecule has 4 nitrogen and oxygen atoms in total. The van der Waals surface area contributed by atoms with Crippen LogP contribution in [0.4, 0.5) is 0 Å². The highest BCUT2D eigenvalue weighted by Crippen LogP contribution is 2.17. The average molecular weight is 202 g/mol. The molecule has 3 aromatic rings. The van der Waals surface area contributed by atoms with Crippen LogP contribution in [0.25, 0.3) is 16.2 Å². The summed E-state index contributed by atoms with van der Waals surface area (Å²) in [6.07, 6.45) is 3.32. The van der Waals surface area contributed by atoms with Crippen LogP contribution in [0.3, 0.4) is 0 Å². The second-order valence-electron chi connectivity index (χ2n) is 2.83. The Hall–Kier alpha value is -1.75. The summed E-state index contributed by atoms with van der Waals surface area (Å²) in [6.45, 7) is 0. The first kappa shape index (κ1) is 7.64. The van der Waals surface area contributed by atoms with E-state index in [4.69, 9.17) is 0 Å². The first-order valence-electron chi connectivity index (χ1n) is 4.14. The lowest BCUT2D eigenvalue weighted by molar-refractivity contribution is 1.06. The van der Waals surface area contributed by atoms with Crippen molar-refractivity contribution in [2.45, 2.75) is 0 Å². The molecule has 0 saturated heterocycles. The van der Waals surface area contributed by atoms with Crippen LogP contribution in [-0.2, 0) is 0 Å². The minimum absolute atomic E-state index is 0.846. The summed E-state index contributed by atoms with van der Waals surface area (Å²) >= 11 is 1.36. The smallest absolute Gasteiger partial charge is 0.214 e. The van der Waals surface area contributed by atoms with Crippen LogP contribution in [0.15, 0.2) is 36.9 Å². The number of hydrogen-bond donors (Lipinski definition) is 0. The van der Waals surface area contributed by atoms with Crippen molar-refractivity contribution in [2.75, 3.05) is 0 Å². The lowest BCUT2D eigenvalue weighted by Gasteiger charge is -1.95. The van der Waals surface area contributed by atoms with Gasteiger partial charge in [0.2, 0.25) is 5.13 Å². The van der Waals surface area contributed by atoms with Gasteiger partial charge in [-0.05, 0) is 12.1 Å². The number of hydrogen-bond acceptors (Lipinski definition) is 4. The van der Waals surface area contributed by atoms with Gasteiger partial charge in [-0.25, -0.2) is 9.97 Å². The van der Waals surface area contributed by atoms with Crippen molar-refractivity contribution in [3.05, 3.63) is 36.9 Å². The van der Waals surface area contributed by atoms with Gasteiger partial charge < -0.3 is 0 Å². The van der Waals surface area contributed by atoms with Crippen molar-refractivity contribution in [2.24, 2.45) is 0 Å². The largest absolute Gasteiger partial charge is 0.273 e. The van der Waals surface area contributed by atoms with Gasteiger partial charge in [0, 0.05) is 11.5 Å². The molecule has 0 N–H and O–H groups in total. The lowest BCUT2D eigenvalue weighted by atomic mass is 10.3. The highest BCUT2D eigenvalue weighted by Gasteiger charge is 2.05. The third-order valence-electron chi connectivity index (χ3n) is 2.01. The predicted molar refractivity (Wildman–Crippen MR) is 54.5 cm³/mol. The van der Waals surface area contributed by atoms with Gasteiger partial charge >= 0.3 is 0 Å². The monoisotopic (exact) mass is 202 g/mol. The lowest BCUT2D eigenvalue weighted by Crippen LogP contribution is -1.89. The van der Waals surface area contributed by atoms with E-state index < -0.39 is 0 Å². The van der Waals surface area contributed by atoms with Gasteiger partial charge in [-0.1, -0.05) is 12.1 Å². The molecule has 14 heavy (non-hydrogen) atoms. The quantitative estimate of drug-likeness (QED) is 0.605. The van der Waals surface area contributed by atoms with Gasteiger partial charge in [-0.15, -0.1) is 0 Å². The Morgan fingerprint density at radius 2 is 2.07 bits per heavy atom. The fraction of sp³-hybridized carbons (Fsp3) is 0. The molecule has 3 rings (SSSR count). The molecule has 68 valence electrons. The number of nitrogens with zero attached hydrogens (tertiary/aromatic N) is 4. The molecule has 0 aliphatic carbocycles. The number of para-hydroxylation sites is 2. The normalized spacial score (nSPS) is 10.9. The first-order valence-corrected chi connectivity index (χ1v) is 4.91. The molecule has 0 fully saturated rings. The van der Waals surface area contributed by atoms with E-state index in [1.807, 2.05) is 28.8 Å². The van der Waals surface area contributed by atoms with Crippen molar-refractivity contribution in [3.63, 3.8) is 0 Å². The van der Waals surface area contributed by atoms with E-state index in [1.54, 1.807) is 12.7 Å². The molecule has 1 aromatic carbocycles. The van der Waals surface area contributed by atoms with Crippen LogP contribution >= 0.6 is 11.5 Å². The maximum Gasteiger partial charge on any atom is 0.214 e. The molecule has 0 aliphatic rings. The minimum Gasteiger partial charge on any atom is -0.273 e.